The summed E-state index contributed by atoms with van der Waals surface area (Å²) in [6, 6.07) is 20.3. The van der Waals surface area contributed by atoms with Crippen molar-refractivity contribution < 1.29 is 9.84 Å². The molecular formula is C22H32IN3O2. The molecule has 154 valence electrons. The van der Waals surface area contributed by atoms with E-state index >= 15 is 0 Å². The second-order valence-electron chi connectivity index (χ2n) is 6.58. The highest BCUT2D eigenvalue weighted by Crippen LogP contribution is 2.16. The summed E-state index contributed by atoms with van der Waals surface area (Å²) in [5.74, 6) is 0.775. The maximum absolute atomic E-state index is 10.3. The lowest BCUT2D eigenvalue weighted by Gasteiger charge is -2.23. The van der Waals surface area contributed by atoms with Gasteiger partial charge in [0, 0.05) is 20.1 Å². The normalized spacial score (nSPS) is 13.4. The van der Waals surface area contributed by atoms with Gasteiger partial charge < -0.3 is 20.1 Å². The van der Waals surface area contributed by atoms with Crippen molar-refractivity contribution in [3.05, 3.63) is 71.8 Å². The van der Waals surface area contributed by atoms with Crippen LogP contribution in [0, 0.1) is 0 Å². The van der Waals surface area contributed by atoms with Gasteiger partial charge in [0.25, 0.3) is 0 Å². The summed E-state index contributed by atoms with van der Waals surface area (Å²) in [5, 5.41) is 13.5. The number of aliphatic imine (C=N–C) groups is 1. The predicted octanol–water partition coefficient (Wildman–Crippen LogP) is 3.84. The largest absolute Gasteiger partial charge is 0.389 e. The van der Waals surface area contributed by atoms with E-state index in [2.05, 4.69) is 27.3 Å². The number of aliphatic hydroxyl groups is 1. The van der Waals surface area contributed by atoms with Crippen molar-refractivity contribution in [1.29, 1.82) is 0 Å². The van der Waals surface area contributed by atoms with Crippen LogP contribution in [0.2, 0.25) is 0 Å². The number of nitrogens with zero attached hydrogens (tertiary/aromatic N) is 2. The highest BCUT2D eigenvalue weighted by molar-refractivity contribution is 14.0. The molecule has 0 aromatic heterocycles. The maximum Gasteiger partial charge on any atom is 0.194 e. The van der Waals surface area contributed by atoms with Gasteiger partial charge in [-0.3, -0.25) is 4.99 Å². The molecular weight excluding hydrogens is 465 g/mol. The van der Waals surface area contributed by atoms with Crippen molar-refractivity contribution in [2.24, 2.45) is 4.99 Å². The van der Waals surface area contributed by atoms with Crippen LogP contribution in [0.5, 0.6) is 0 Å². The van der Waals surface area contributed by atoms with Crippen molar-refractivity contribution in [2.75, 3.05) is 26.7 Å². The van der Waals surface area contributed by atoms with Crippen molar-refractivity contribution in [2.45, 2.75) is 32.6 Å². The number of nitrogens with one attached hydrogen (secondary N) is 1. The second-order valence-corrected chi connectivity index (χ2v) is 6.58. The molecule has 6 heteroatoms. The first kappa shape index (κ1) is 24.4. The summed E-state index contributed by atoms with van der Waals surface area (Å²) in [5.41, 5.74) is 2.32. The number of aliphatic hydroxyl groups excluding tert-OH is 1. The number of halogens is 1. The predicted molar refractivity (Wildman–Crippen MR) is 126 cm³/mol. The molecule has 2 rings (SSSR count). The van der Waals surface area contributed by atoms with Crippen LogP contribution >= 0.6 is 24.0 Å². The van der Waals surface area contributed by atoms with Crippen LogP contribution in [0.1, 0.15) is 31.1 Å². The van der Waals surface area contributed by atoms with E-state index in [0.29, 0.717) is 6.54 Å². The van der Waals surface area contributed by atoms with Gasteiger partial charge in [0.15, 0.2) is 5.96 Å². The van der Waals surface area contributed by atoms with Crippen molar-refractivity contribution in [1.82, 2.24) is 10.2 Å². The topological polar surface area (TPSA) is 57.1 Å². The fourth-order valence-corrected chi connectivity index (χ4v) is 2.72. The molecule has 0 spiro atoms. The van der Waals surface area contributed by atoms with Gasteiger partial charge >= 0.3 is 0 Å². The number of guanidine groups is 1. The van der Waals surface area contributed by atoms with E-state index in [4.69, 9.17) is 4.74 Å². The van der Waals surface area contributed by atoms with Crippen LogP contribution in [0.3, 0.4) is 0 Å². The third kappa shape index (κ3) is 8.58. The summed E-state index contributed by atoms with van der Waals surface area (Å²) < 4.78 is 5.78. The minimum absolute atomic E-state index is 0. The number of rotatable bonds is 9. The van der Waals surface area contributed by atoms with E-state index in [9.17, 15) is 5.11 Å². The molecule has 0 aliphatic rings. The fraction of sp³-hybridized carbons (Fsp3) is 0.409. The molecule has 0 amide bonds. The highest BCUT2D eigenvalue weighted by atomic mass is 127. The number of hydrogen-bond acceptors (Lipinski definition) is 3. The minimum atomic E-state index is -0.644. The first-order chi connectivity index (χ1) is 13.1. The van der Waals surface area contributed by atoms with E-state index in [1.54, 1.807) is 0 Å². The van der Waals surface area contributed by atoms with E-state index in [-0.39, 0.29) is 36.7 Å². The van der Waals surface area contributed by atoms with Crippen LogP contribution in [0.15, 0.2) is 65.7 Å². The van der Waals surface area contributed by atoms with Gasteiger partial charge in [-0.2, -0.15) is 0 Å². The lowest BCUT2D eigenvalue weighted by molar-refractivity contribution is 0.00106. The van der Waals surface area contributed by atoms with Crippen LogP contribution in [-0.2, 0) is 11.3 Å². The lowest BCUT2D eigenvalue weighted by atomic mass is 10.1. The first-order valence-electron chi connectivity index (χ1n) is 9.48. The molecule has 0 saturated heterocycles. The van der Waals surface area contributed by atoms with E-state index in [0.717, 1.165) is 24.6 Å². The van der Waals surface area contributed by atoms with Gasteiger partial charge in [-0.05, 0) is 25.0 Å². The van der Waals surface area contributed by atoms with Gasteiger partial charge in [-0.15, -0.1) is 24.0 Å². The zero-order valence-corrected chi connectivity index (χ0v) is 19.2. The van der Waals surface area contributed by atoms with E-state index < -0.39 is 6.10 Å². The van der Waals surface area contributed by atoms with Crippen molar-refractivity contribution in [3.8, 4) is 0 Å². The number of ether oxygens (including phenoxy) is 1. The molecule has 0 fully saturated rings. The molecule has 2 N–H and O–H groups in total. The first-order valence-corrected chi connectivity index (χ1v) is 9.48. The van der Waals surface area contributed by atoms with Crippen LogP contribution in [-0.4, -0.2) is 48.8 Å². The van der Waals surface area contributed by atoms with Crippen molar-refractivity contribution >= 4 is 29.9 Å². The Labute approximate surface area is 185 Å². The third-order valence-corrected chi connectivity index (χ3v) is 4.22. The quantitative estimate of drug-likeness (QED) is 0.314. The van der Waals surface area contributed by atoms with Crippen LogP contribution in [0.4, 0.5) is 0 Å². The van der Waals surface area contributed by atoms with Crippen LogP contribution < -0.4 is 5.32 Å². The maximum atomic E-state index is 10.3. The molecule has 0 bridgehead atoms. The average molecular weight is 497 g/mol. The highest BCUT2D eigenvalue weighted by Gasteiger charge is 2.11. The summed E-state index contributed by atoms with van der Waals surface area (Å²) in [6.45, 7) is 6.10. The molecule has 0 aliphatic carbocycles. The summed E-state index contributed by atoms with van der Waals surface area (Å²) >= 11 is 0. The molecule has 5 nitrogen and oxygen atoms in total. The third-order valence-electron chi connectivity index (χ3n) is 4.22. The SMILES string of the molecule is CCNC(=NCC(O)COC(C)c1ccccc1)N(C)Cc1ccccc1.I. The summed E-state index contributed by atoms with van der Waals surface area (Å²) in [7, 11) is 1.99. The van der Waals surface area contributed by atoms with Gasteiger partial charge in [0.1, 0.15) is 0 Å². The summed E-state index contributed by atoms with van der Waals surface area (Å²) in [6.07, 6.45) is -0.700. The monoisotopic (exact) mass is 497 g/mol. The van der Waals surface area contributed by atoms with Gasteiger partial charge in [-0.25, -0.2) is 0 Å². The Kier molecular flexibility index (Phi) is 11.8. The molecule has 28 heavy (non-hydrogen) atoms. The molecule has 2 aromatic carbocycles. The Morgan fingerprint density at radius 3 is 2.32 bits per heavy atom. The zero-order valence-electron chi connectivity index (χ0n) is 16.9. The second kappa shape index (κ2) is 13.5. The number of hydrogen-bond donors (Lipinski definition) is 2. The average Bonchev–Trinajstić information content (AvgIpc) is 2.70. The Morgan fingerprint density at radius 1 is 1.11 bits per heavy atom. The Morgan fingerprint density at radius 2 is 1.71 bits per heavy atom. The van der Waals surface area contributed by atoms with Gasteiger partial charge in [-0.1, -0.05) is 60.7 Å². The smallest absolute Gasteiger partial charge is 0.194 e. The molecule has 0 aliphatic heterocycles. The van der Waals surface area contributed by atoms with E-state index in [1.165, 1.54) is 5.56 Å². The van der Waals surface area contributed by atoms with Gasteiger partial charge in [0.05, 0.1) is 25.4 Å². The molecule has 2 unspecified atom stereocenters. The minimum Gasteiger partial charge on any atom is -0.389 e. The standard InChI is InChI=1S/C22H31N3O2.HI/c1-4-23-22(25(3)16-19-11-7-5-8-12-19)24-15-21(26)17-27-18(2)20-13-9-6-10-14-20;/h5-14,18,21,26H,4,15-17H2,1-3H3,(H,23,24);1H. The summed E-state index contributed by atoms with van der Waals surface area (Å²) in [4.78, 5) is 6.62. The van der Waals surface area contributed by atoms with Crippen molar-refractivity contribution in [3.63, 3.8) is 0 Å². The molecule has 2 atom stereocenters. The Hall–Kier alpha value is -1.64. The Bertz CT molecular complexity index is 683. The molecule has 0 heterocycles. The molecule has 2 aromatic rings. The fourth-order valence-electron chi connectivity index (χ4n) is 2.72. The zero-order chi connectivity index (χ0) is 19.5. The van der Waals surface area contributed by atoms with E-state index in [1.807, 2.05) is 69.4 Å². The van der Waals surface area contributed by atoms with Gasteiger partial charge in [0.2, 0.25) is 0 Å². The van der Waals surface area contributed by atoms with Crippen LogP contribution in [0.25, 0.3) is 0 Å². The number of benzene rings is 2. The lowest BCUT2D eigenvalue weighted by Crippen LogP contribution is -2.39. The Balaban J connectivity index is 0.00000392. The molecule has 0 radical (unpaired) electrons. The molecule has 0 saturated carbocycles.